The molecule has 1 saturated heterocycles. The molecule has 0 spiro atoms. The Hall–Kier alpha value is -4.01. The fourth-order valence-electron chi connectivity index (χ4n) is 5.15. The molecule has 1 amide bonds. The van der Waals surface area contributed by atoms with E-state index in [9.17, 15) is 4.79 Å². The zero-order valence-electron chi connectivity index (χ0n) is 18.6. The monoisotopic (exact) mass is 440 g/mol. The smallest absolute Gasteiger partial charge is 0.252 e. The minimum atomic E-state index is -0.511. The first-order valence-corrected chi connectivity index (χ1v) is 11.2. The Bertz CT molecular complexity index is 1340. The molecule has 33 heavy (non-hydrogen) atoms. The Labute approximate surface area is 191 Å². The summed E-state index contributed by atoms with van der Waals surface area (Å²) in [5.41, 5.74) is 2.12. The fraction of sp³-hybridized carbons (Fsp3) is 0.292. The summed E-state index contributed by atoms with van der Waals surface area (Å²) in [6, 6.07) is 9.94. The molecule has 6 rings (SSSR count). The number of aromatic nitrogens is 6. The third-order valence-electron chi connectivity index (χ3n) is 6.86. The predicted octanol–water partition coefficient (Wildman–Crippen LogP) is 3.24. The van der Waals surface area contributed by atoms with Crippen LogP contribution in [-0.2, 0) is 4.79 Å². The maximum Gasteiger partial charge on any atom is 0.252 e. The van der Waals surface area contributed by atoms with Crippen molar-refractivity contribution in [2.75, 3.05) is 23.4 Å². The molecule has 1 unspecified atom stereocenters. The average Bonchev–Trinajstić information content (AvgIpc) is 3.63. The third-order valence-corrected chi connectivity index (χ3v) is 6.86. The van der Waals surface area contributed by atoms with Gasteiger partial charge in [-0.25, -0.2) is 14.6 Å². The lowest BCUT2D eigenvalue weighted by molar-refractivity contribution is -0.123. The lowest BCUT2D eigenvalue weighted by Crippen LogP contribution is -2.59. The standard InChI is InChI=1S/C24H24N8O/c1-3-24-9-5-12-31(24)21-19(29(2)22(24)33)16-26-23(28-21)30-14-11-25-20(30)17-7-4-8-18(15-17)32-13-6-10-27-32/h4,6-8,10-11,13-16H,3,5,9,12H2,1-2H3. The molecule has 5 heterocycles. The van der Waals surface area contributed by atoms with Crippen LogP contribution in [0.1, 0.15) is 26.2 Å². The third kappa shape index (κ3) is 2.81. The Kier molecular flexibility index (Phi) is 4.33. The summed E-state index contributed by atoms with van der Waals surface area (Å²) in [5, 5.41) is 4.32. The van der Waals surface area contributed by atoms with Crippen molar-refractivity contribution < 1.29 is 4.79 Å². The first-order valence-electron chi connectivity index (χ1n) is 11.2. The van der Waals surface area contributed by atoms with Gasteiger partial charge in [0.25, 0.3) is 5.91 Å². The number of imidazole rings is 1. The van der Waals surface area contributed by atoms with E-state index in [4.69, 9.17) is 4.98 Å². The van der Waals surface area contributed by atoms with Crippen molar-refractivity contribution in [2.24, 2.45) is 0 Å². The van der Waals surface area contributed by atoms with Gasteiger partial charge >= 0.3 is 0 Å². The van der Waals surface area contributed by atoms with Crippen molar-refractivity contribution in [1.82, 2.24) is 29.3 Å². The van der Waals surface area contributed by atoms with E-state index in [2.05, 4.69) is 26.9 Å². The Morgan fingerprint density at radius 3 is 2.85 bits per heavy atom. The number of fused-ring (bicyclic) bond motifs is 3. The fourth-order valence-corrected chi connectivity index (χ4v) is 5.15. The summed E-state index contributed by atoms with van der Waals surface area (Å²) >= 11 is 0. The van der Waals surface area contributed by atoms with Gasteiger partial charge in [-0.05, 0) is 37.5 Å². The average molecular weight is 441 g/mol. The first kappa shape index (κ1) is 19.7. The van der Waals surface area contributed by atoms with Crippen molar-refractivity contribution in [1.29, 1.82) is 0 Å². The van der Waals surface area contributed by atoms with Crippen molar-refractivity contribution >= 4 is 17.4 Å². The summed E-state index contributed by atoms with van der Waals surface area (Å²) in [4.78, 5) is 31.3. The van der Waals surface area contributed by atoms with E-state index in [0.29, 0.717) is 5.95 Å². The molecule has 4 aromatic rings. The number of nitrogens with zero attached hydrogens (tertiary/aromatic N) is 8. The number of anilines is 2. The number of carbonyl (C=O) groups excluding carboxylic acids is 1. The number of likely N-dealkylation sites (N-methyl/N-ethyl adjacent to an activating group) is 1. The molecular weight excluding hydrogens is 416 g/mol. The van der Waals surface area contributed by atoms with Crippen molar-refractivity contribution in [3.8, 4) is 23.0 Å². The molecule has 1 aromatic carbocycles. The lowest BCUT2D eigenvalue weighted by Gasteiger charge is -2.45. The van der Waals surface area contributed by atoms with E-state index in [1.165, 1.54) is 0 Å². The topological polar surface area (TPSA) is 85.0 Å². The van der Waals surface area contributed by atoms with Crippen molar-refractivity contribution in [3.05, 3.63) is 61.3 Å². The molecular formula is C24H24N8O. The number of hydrogen-bond acceptors (Lipinski definition) is 6. The predicted molar refractivity (Wildman–Crippen MR) is 125 cm³/mol. The van der Waals surface area contributed by atoms with E-state index >= 15 is 0 Å². The highest BCUT2D eigenvalue weighted by molar-refractivity contribution is 6.07. The van der Waals surface area contributed by atoms with Crippen LogP contribution in [0.4, 0.5) is 11.5 Å². The second-order valence-electron chi connectivity index (χ2n) is 8.51. The quantitative estimate of drug-likeness (QED) is 0.484. The summed E-state index contributed by atoms with van der Waals surface area (Å²) < 4.78 is 3.71. The van der Waals surface area contributed by atoms with Gasteiger partial charge in [-0.15, -0.1) is 0 Å². The van der Waals surface area contributed by atoms with E-state index in [1.807, 2.05) is 59.0 Å². The van der Waals surface area contributed by atoms with Gasteiger partial charge in [0.15, 0.2) is 5.82 Å². The maximum atomic E-state index is 13.2. The highest BCUT2D eigenvalue weighted by Gasteiger charge is 2.52. The van der Waals surface area contributed by atoms with Crippen LogP contribution in [0.5, 0.6) is 0 Å². The van der Waals surface area contributed by atoms with Crippen LogP contribution < -0.4 is 9.80 Å². The van der Waals surface area contributed by atoms with Crippen molar-refractivity contribution in [2.45, 2.75) is 31.7 Å². The van der Waals surface area contributed by atoms with E-state index < -0.39 is 5.54 Å². The second kappa shape index (κ2) is 7.26. The SMILES string of the molecule is CCC12CCCN1c1nc(-n3ccnc3-c3cccc(-n4cccn4)c3)ncc1N(C)C2=O. The minimum Gasteiger partial charge on any atom is -0.340 e. The summed E-state index contributed by atoms with van der Waals surface area (Å²) in [6.07, 6.45) is 11.6. The van der Waals surface area contributed by atoms with Gasteiger partial charge in [0.05, 0.1) is 11.9 Å². The molecule has 0 saturated carbocycles. The molecule has 1 atom stereocenters. The van der Waals surface area contributed by atoms with Crippen LogP contribution in [0.25, 0.3) is 23.0 Å². The lowest BCUT2D eigenvalue weighted by atomic mass is 9.89. The molecule has 3 aromatic heterocycles. The molecule has 0 aliphatic carbocycles. The van der Waals surface area contributed by atoms with Gasteiger partial charge < -0.3 is 9.80 Å². The number of benzene rings is 1. The molecule has 9 nitrogen and oxygen atoms in total. The number of rotatable bonds is 4. The van der Waals surface area contributed by atoms with Crippen molar-refractivity contribution in [3.63, 3.8) is 0 Å². The Morgan fingerprint density at radius 2 is 2.03 bits per heavy atom. The summed E-state index contributed by atoms with van der Waals surface area (Å²) in [7, 11) is 1.82. The van der Waals surface area contributed by atoms with E-state index in [-0.39, 0.29) is 5.91 Å². The van der Waals surface area contributed by atoms with E-state index in [1.54, 1.807) is 23.5 Å². The van der Waals surface area contributed by atoms with Crippen LogP contribution in [-0.4, -0.2) is 54.3 Å². The molecule has 0 N–H and O–H groups in total. The van der Waals surface area contributed by atoms with Gasteiger partial charge in [-0.1, -0.05) is 19.1 Å². The second-order valence-corrected chi connectivity index (χ2v) is 8.51. The first-order chi connectivity index (χ1) is 16.1. The molecule has 0 bridgehead atoms. The molecule has 0 radical (unpaired) electrons. The normalized spacial score (nSPS) is 19.6. The van der Waals surface area contributed by atoms with Crippen LogP contribution >= 0.6 is 0 Å². The van der Waals surface area contributed by atoms with Crippen LogP contribution in [0.15, 0.2) is 61.3 Å². The summed E-state index contributed by atoms with van der Waals surface area (Å²) in [5.74, 6) is 2.22. The zero-order chi connectivity index (χ0) is 22.6. The number of hydrogen-bond donors (Lipinski definition) is 0. The Balaban J connectivity index is 1.45. The van der Waals surface area contributed by atoms with Gasteiger partial charge in [0, 0.05) is 43.9 Å². The maximum absolute atomic E-state index is 13.2. The number of amides is 1. The molecule has 1 fully saturated rings. The van der Waals surface area contributed by atoms with E-state index in [0.717, 1.165) is 54.4 Å². The van der Waals surface area contributed by atoms with Gasteiger partial charge in [0.1, 0.15) is 17.1 Å². The zero-order valence-corrected chi connectivity index (χ0v) is 18.6. The van der Waals surface area contributed by atoms with Gasteiger partial charge in [0.2, 0.25) is 5.95 Å². The number of carbonyl (C=O) groups is 1. The largest absolute Gasteiger partial charge is 0.340 e. The molecule has 2 aliphatic rings. The van der Waals surface area contributed by atoms with Crippen LogP contribution in [0.3, 0.4) is 0 Å². The van der Waals surface area contributed by atoms with Gasteiger partial charge in [-0.3, -0.25) is 9.36 Å². The minimum absolute atomic E-state index is 0.130. The highest BCUT2D eigenvalue weighted by atomic mass is 16.2. The molecule has 9 heteroatoms. The summed E-state index contributed by atoms with van der Waals surface area (Å²) in [6.45, 7) is 2.90. The van der Waals surface area contributed by atoms with Crippen LogP contribution in [0, 0.1) is 0 Å². The molecule has 2 aliphatic heterocycles. The van der Waals surface area contributed by atoms with Crippen LogP contribution in [0.2, 0.25) is 0 Å². The Morgan fingerprint density at radius 1 is 1.12 bits per heavy atom. The highest BCUT2D eigenvalue weighted by Crippen LogP contribution is 2.45. The van der Waals surface area contributed by atoms with Gasteiger partial charge in [-0.2, -0.15) is 10.1 Å². The molecule has 166 valence electrons.